The molecular weight excluding hydrogens is 441 g/mol. The van der Waals surface area contributed by atoms with Gasteiger partial charge >= 0.3 is 17.8 Å². The predicted octanol–water partition coefficient (Wildman–Crippen LogP) is -1.44. The van der Waals surface area contributed by atoms with Crippen LogP contribution in [0.3, 0.4) is 0 Å². The van der Waals surface area contributed by atoms with Crippen molar-refractivity contribution in [2.24, 2.45) is 17.4 Å². The normalized spacial score (nSPS) is 16.1. The van der Waals surface area contributed by atoms with Crippen molar-refractivity contribution in [3.05, 3.63) is 64.4 Å². The third-order valence-electron chi connectivity index (χ3n) is 4.86. The van der Waals surface area contributed by atoms with Gasteiger partial charge in [-0.25, -0.2) is 4.39 Å². The molecule has 0 radical (unpaired) electrons. The number of fused-ring (bicyclic) bond motifs is 1. The van der Waals surface area contributed by atoms with E-state index < -0.39 is 24.1 Å². The summed E-state index contributed by atoms with van der Waals surface area (Å²) in [4.78, 5) is 35.9. The molecule has 2 aromatic carbocycles. The number of benzene rings is 2. The highest BCUT2D eigenvalue weighted by molar-refractivity contribution is 6.39. The Morgan fingerprint density at radius 3 is 2.56 bits per heavy atom. The molecule has 0 bridgehead atoms. The van der Waals surface area contributed by atoms with Crippen LogP contribution in [0.4, 0.5) is 10.1 Å². The first-order valence-electron chi connectivity index (χ1n) is 9.58. The van der Waals surface area contributed by atoms with E-state index in [1.54, 1.807) is 0 Å². The van der Waals surface area contributed by atoms with Gasteiger partial charge < -0.3 is 20.5 Å². The number of carboxylic acid groups (broad SMARTS) is 1. The molecule has 0 aliphatic heterocycles. The minimum atomic E-state index is -0.882. The van der Waals surface area contributed by atoms with Crippen LogP contribution in [0, 0.1) is 11.7 Å². The summed E-state index contributed by atoms with van der Waals surface area (Å²) < 4.78 is 13.5. The number of guanidine groups is 1. The number of hydrogen-bond acceptors (Lipinski definition) is 4. The van der Waals surface area contributed by atoms with Crippen molar-refractivity contribution in [3.63, 3.8) is 0 Å². The average molecular weight is 464 g/mol. The lowest BCUT2D eigenvalue weighted by Gasteiger charge is -2.21. The van der Waals surface area contributed by atoms with Crippen molar-refractivity contribution in [1.29, 1.82) is 0 Å². The molecule has 0 aromatic heterocycles. The van der Waals surface area contributed by atoms with Crippen molar-refractivity contribution in [1.82, 2.24) is 5.32 Å². The minimum Gasteiger partial charge on any atom is -0.554 e. The van der Waals surface area contributed by atoms with Crippen LogP contribution in [0.15, 0.2) is 42.5 Å². The van der Waals surface area contributed by atoms with Gasteiger partial charge in [0.05, 0.1) is 17.6 Å². The van der Waals surface area contributed by atoms with Crippen LogP contribution in [-0.2, 0) is 20.8 Å². The summed E-state index contributed by atoms with van der Waals surface area (Å²) in [6, 6.07) is 11.2. The summed E-state index contributed by atoms with van der Waals surface area (Å²) in [6.45, 7) is 0.0452. The number of nitrogens with two attached hydrogens (primary N) is 2. The molecule has 0 heterocycles. The van der Waals surface area contributed by atoms with Gasteiger partial charge in [-0.05, 0) is 48.1 Å². The molecule has 170 valence electrons. The lowest BCUT2D eigenvalue weighted by atomic mass is 9.97. The largest absolute Gasteiger partial charge is 0.554 e. The van der Waals surface area contributed by atoms with Crippen LogP contribution in [0.5, 0.6) is 0 Å². The summed E-state index contributed by atoms with van der Waals surface area (Å²) in [5, 5.41) is 13.4. The molecule has 32 heavy (non-hydrogen) atoms. The van der Waals surface area contributed by atoms with Crippen LogP contribution in [0.1, 0.15) is 23.6 Å². The Morgan fingerprint density at radius 1 is 1.22 bits per heavy atom. The van der Waals surface area contributed by atoms with Gasteiger partial charge in [0.25, 0.3) is 0 Å². The van der Waals surface area contributed by atoms with E-state index in [2.05, 4.69) is 15.6 Å². The summed E-state index contributed by atoms with van der Waals surface area (Å²) in [7, 11) is 0. The predicted molar refractivity (Wildman–Crippen MR) is 114 cm³/mol. The maximum Gasteiger partial charge on any atom is 0.338 e. The third kappa shape index (κ3) is 6.67. The number of anilines is 1. The molecule has 0 saturated carbocycles. The average Bonchev–Trinajstić information content (AvgIpc) is 3.08. The summed E-state index contributed by atoms with van der Waals surface area (Å²) in [6.07, 6.45) is 1.46. The smallest absolute Gasteiger partial charge is 0.338 e. The highest BCUT2D eigenvalue weighted by Gasteiger charge is 2.34. The third-order valence-corrected chi connectivity index (χ3v) is 5.16. The first-order chi connectivity index (χ1) is 15.3. The summed E-state index contributed by atoms with van der Waals surface area (Å²) in [5.41, 5.74) is 13.1. The Bertz CT molecular complexity index is 1010. The number of halogens is 2. The van der Waals surface area contributed by atoms with Gasteiger partial charge in [0.2, 0.25) is 0 Å². The Kier molecular flexibility index (Phi) is 8.96. The van der Waals surface area contributed by atoms with Crippen LogP contribution in [-0.4, -0.2) is 30.8 Å². The first kappa shape index (κ1) is 24.6. The van der Waals surface area contributed by atoms with Crippen molar-refractivity contribution in [3.8, 4) is 0 Å². The molecule has 7 N–H and O–H groups in total. The fraction of sp³-hybridized carbons (Fsp3) is 0.238. The lowest BCUT2D eigenvalue weighted by molar-refractivity contribution is -0.461. The van der Waals surface area contributed by atoms with Crippen LogP contribution in [0.25, 0.3) is 0 Å². The van der Waals surface area contributed by atoms with E-state index in [-0.39, 0.29) is 28.6 Å². The van der Waals surface area contributed by atoms with Gasteiger partial charge in [-0.2, -0.15) is 0 Å². The van der Waals surface area contributed by atoms with Gasteiger partial charge in [-0.3, -0.25) is 26.0 Å². The number of carbonyl (C=O) groups is 3. The minimum absolute atomic E-state index is 0.0678. The second-order valence-electron chi connectivity index (χ2n) is 6.96. The van der Waals surface area contributed by atoms with Crippen molar-refractivity contribution in [2.45, 2.75) is 18.9 Å². The van der Waals surface area contributed by atoms with Crippen LogP contribution in [0.2, 0.25) is 5.02 Å². The highest BCUT2D eigenvalue weighted by atomic mass is 35.5. The summed E-state index contributed by atoms with van der Waals surface area (Å²) in [5.74, 6) is -2.16. The van der Waals surface area contributed by atoms with Gasteiger partial charge in [0, 0.05) is 12.2 Å². The Balaban J connectivity index is 0.00000114. The zero-order chi connectivity index (χ0) is 23.7. The molecule has 11 heteroatoms. The molecule has 0 fully saturated rings. The van der Waals surface area contributed by atoms with E-state index in [1.165, 1.54) is 12.1 Å². The number of amides is 2. The van der Waals surface area contributed by atoms with Crippen molar-refractivity contribution >= 4 is 41.5 Å². The van der Waals surface area contributed by atoms with Gasteiger partial charge in [0.1, 0.15) is 5.82 Å². The summed E-state index contributed by atoms with van der Waals surface area (Å²) >= 11 is 5.63. The topological polar surface area (TPSA) is 164 Å². The molecular formula is C21H23ClFN5O4. The zero-order valence-electron chi connectivity index (χ0n) is 16.9. The molecule has 0 saturated heterocycles. The second kappa shape index (κ2) is 11.7. The maximum atomic E-state index is 13.5. The number of nitrogens with one attached hydrogen (secondary N) is 3. The second-order valence-corrected chi connectivity index (χ2v) is 7.37. The first-order valence-corrected chi connectivity index (χ1v) is 9.96. The number of rotatable bonds is 5. The van der Waals surface area contributed by atoms with E-state index in [0.717, 1.165) is 23.6 Å². The zero-order valence-corrected chi connectivity index (χ0v) is 17.7. The Hall–Kier alpha value is -3.66. The fourth-order valence-corrected chi connectivity index (χ4v) is 3.63. The molecule has 2 amide bonds. The Labute approximate surface area is 188 Å². The van der Waals surface area contributed by atoms with E-state index in [4.69, 9.17) is 33.0 Å². The van der Waals surface area contributed by atoms with Crippen molar-refractivity contribution in [2.75, 3.05) is 11.9 Å². The van der Waals surface area contributed by atoms with Gasteiger partial charge in [-0.15, -0.1) is 0 Å². The van der Waals surface area contributed by atoms with Crippen LogP contribution >= 0.6 is 11.6 Å². The van der Waals surface area contributed by atoms with Crippen LogP contribution < -0.4 is 32.2 Å². The molecule has 0 unspecified atom stereocenters. The molecule has 1 aliphatic carbocycles. The van der Waals surface area contributed by atoms with Gasteiger partial charge in [-0.1, -0.05) is 35.9 Å². The monoisotopic (exact) mass is 463 g/mol. The van der Waals surface area contributed by atoms with E-state index in [9.17, 15) is 14.0 Å². The standard InChI is InChI=1S/C20H21ClFN5O2.CH2O2/c21-15-6-5-13(10-16(15)22)26-18(28)19(29)27-17-12(7-8-25-20(23)24)9-11-3-1-2-4-14(11)17;2-1-3/h1-6,10,12,17H,7-9H2,(H,26,28)(H,27,29)(H4,23,24,25);1H,(H,2,3)/t12-,17+;/m0./s1. The molecule has 9 nitrogen and oxygen atoms in total. The van der Waals surface area contributed by atoms with E-state index >= 15 is 0 Å². The molecule has 2 aromatic rings. The Morgan fingerprint density at radius 2 is 1.91 bits per heavy atom. The fourth-order valence-electron chi connectivity index (χ4n) is 3.51. The lowest BCUT2D eigenvalue weighted by Crippen LogP contribution is -2.78. The number of hydrogen-bond donors (Lipinski definition) is 5. The molecule has 3 rings (SSSR count). The maximum absolute atomic E-state index is 13.5. The number of carbonyl (C=O) groups excluding carboxylic acids is 3. The van der Waals surface area contributed by atoms with Gasteiger partial charge in [0.15, 0.2) is 0 Å². The molecule has 1 aliphatic rings. The quantitative estimate of drug-likeness (QED) is 0.158. The van der Waals surface area contributed by atoms with Crippen molar-refractivity contribution < 1.29 is 28.9 Å². The van der Waals surface area contributed by atoms with E-state index in [1.807, 2.05) is 24.3 Å². The SMILES string of the molecule is NC(N)=[NH+]CC[C@H]1Cc2ccccc2[C@@H]1NC(=O)C(=O)Nc1ccc(Cl)c(F)c1.O=C[O-]. The molecule has 0 spiro atoms. The van der Waals surface area contributed by atoms with E-state index in [0.29, 0.717) is 13.0 Å². The molecule has 2 atom stereocenters. The highest BCUT2D eigenvalue weighted by Crippen LogP contribution is 2.37.